The Morgan fingerprint density at radius 3 is 2.33 bits per heavy atom. The first kappa shape index (κ1) is 13.2. The van der Waals surface area contributed by atoms with Crippen LogP contribution in [-0.4, -0.2) is 39.5 Å². The third kappa shape index (κ3) is 4.25. The number of hydrogen-bond acceptors (Lipinski definition) is 2. The van der Waals surface area contributed by atoms with Crippen molar-refractivity contribution >= 4 is 8.32 Å². The molecule has 1 aliphatic heterocycles. The van der Waals surface area contributed by atoms with E-state index in [1.165, 1.54) is 32.0 Å². The van der Waals surface area contributed by atoms with Gasteiger partial charge in [-0.15, -0.1) is 0 Å². The molecule has 0 spiro atoms. The SMILES string of the molecule is CO[Si](C)(C)CC(C)N1CCC(C)CC1. The van der Waals surface area contributed by atoms with E-state index in [4.69, 9.17) is 4.43 Å². The van der Waals surface area contributed by atoms with Crippen molar-refractivity contribution in [1.82, 2.24) is 4.90 Å². The Kier molecular flexibility index (Phi) is 4.81. The van der Waals surface area contributed by atoms with Gasteiger partial charge in [-0.25, -0.2) is 0 Å². The minimum Gasteiger partial charge on any atom is -0.420 e. The fourth-order valence-electron chi connectivity index (χ4n) is 2.39. The predicted octanol–water partition coefficient (Wildman–Crippen LogP) is 2.96. The van der Waals surface area contributed by atoms with Crippen molar-refractivity contribution in [2.75, 3.05) is 20.2 Å². The van der Waals surface area contributed by atoms with E-state index < -0.39 is 8.32 Å². The van der Waals surface area contributed by atoms with Crippen LogP contribution in [0.3, 0.4) is 0 Å². The average Bonchev–Trinajstić information content (AvgIpc) is 2.18. The molecule has 0 bridgehead atoms. The molecule has 0 aromatic carbocycles. The van der Waals surface area contributed by atoms with Gasteiger partial charge in [0, 0.05) is 13.2 Å². The normalized spacial score (nSPS) is 23.0. The summed E-state index contributed by atoms with van der Waals surface area (Å²) in [6.45, 7) is 11.9. The largest absolute Gasteiger partial charge is 0.420 e. The van der Waals surface area contributed by atoms with Crippen molar-refractivity contribution in [3.63, 3.8) is 0 Å². The molecule has 0 amide bonds. The van der Waals surface area contributed by atoms with E-state index in [9.17, 15) is 0 Å². The Morgan fingerprint density at radius 1 is 1.33 bits per heavy atom. The molecular formula is C12H27NOSi. The molecule has 0 radical (unpaired) electrons. The van der Waals surface area contributed by atoms with Crippen LogP contribution in [0, 0.1) is 5.92 Å². The maximum atomic E-state index is 5.63. The third-order valence-corrected chi connectivity index (χ3v) is 6.46. The van der Waals surface area contributed by atoms with E-state index in [-0.39, 0.29) is 0 Å². The quantitative estimate of drug-likeness (QED) is 0.687. The van der Waals surface area contributed by atoms with Crippen molar-refractivity contribution in [2.45, 2.75) is 51.9 Å². The lowest BCUT2D eigenvalue weighted by Gasteiger charge is -2.37. The monoisotopic (exact) mass is 229 g/mol. The van der Waals surface area contributed by atoms with E-state index in [1.54, 1.807) is 0 Å². The van der Waals surface area contributed by atoms with Gasteiger partial charge in [-0.3, -0.25) is 0 Å². The summed E-state index contributed by atoms with van der Waals surface area (Å²) in [5.74, 6) is 0.932. The summed E-state index contributed by atoms with van der Waals surface area (Å²) in [5, 5.41) is 0. The van der Waals surface area contributed by atoms with E-state index in [1.807, 2.05) is 7.11 Å². The number of nitrogens with zero attached hydrogens (tertiary/aromatic N) is 1. The van der Waals surface area contributed by atoms with Crippen LogP contribution in [0.4, 0.5) is 0 Å². The Bertz CT molecular complexity index is 188. The van der Waals surface area contributed by atoms with Crippen molar-refractivity contribution < 1.29 is 4.43 Å². The van der Waals surface area contributed by atoms with Crippen molar-refractivity contribution in [2.24, 2.45) is 5.92 Å². The molecule has 1 heterocycles. The van der Waals surface area contributed by atoms with Gasteiger partial charge in [0.2, 0.25) is 0 Å². The molecule has 0 aromatic rings. The molecule has 2 nitrogen and oxygen atoms in total. The van der Waals surface area contributed by atoms with E-state index in [0.29, 0.717) is 6.04 Å². The van der Waals surface area contributed by atoms with Gasteiger partial charge in [0.15, 0.2) is 8.32 Å². The van der Waals surface area contributed by atoms with Gasteiger partial charge in [0.1, 0.15) is 0 Å². The zero-order valence-electron chi connectivity index (χ0n) is 11.0. The molecule has 1 aliphatic rings. The molecule has 0 saturated carbocycles. The second-order valence-corrected chi connectivity index (χ2v) is 10.1. The zero-order valence-corrected chi connectivity index (χ0v) is 12.0. The second kappa shape index (κ2) is 5.46. The average molecular weight is 229 g/mol. The summed E-state index contributed by atoms with van der Waals surface area (Å²) in [7, 11) is 0.489. The molecule has 0 aliphatic carbocycles. The van der Waals surface area contributed by atoms with Crippen LogP contribution in [0.5, 0.6) is 0 Å². The first-order valence-electron chi connectivity index (χ1n) is 6.24. The molecule has 1 saturated heterocycles. The highest BCUT2D eigenvalue weighted by molar-refractivity contribution is 6.71. The summed E-state index contributed by atoms with van der Waals surface area (Å²) < 4.78 is 5.63. The lowest BCUT2D eigenvalue weighted by molar-refractivity contribution is 0.152. The number of likely N-dealkylation sites (tertiary alicyclic amines) is 1. The first-order valence-corrected chi connectivity index (χ1v) is 9.35. The van der Waals surface area contributed by atoms with Gasteiger partial charge in [-0.05, 0) is 57.9 Å². The van der Waals surface area contributed by atoms with Gasteiger partial charge in [0.25, 0.3) is 0 Å². The minimum atomic E-state index is -1.38. The molecule has 1 unspecified atom stereocenters. The van der Waals surface area contributed by atoms with Gasteiger partial charge in [-0.1, -0.05) is 6.92 Å². The van der Waals surface area contributed by atoms with Gasteiger partial charge < -0.3 is 9.33 Å². The molecule has 3 heteroatoms. The number of hydrogen-bond donors (Lipinski definition) is 0. The standard InChI is InChI=1S/C12H27NOSi/c1-11-6-8-13(9-7-11)12(2)10-15(4,5)14-3/h11-12H,6-10H2,1-5H3. The minimum absolute atomic E-state index is 0.708. The van der Waals surface area contributed by atoms with Crippen molar-refractivity contribution in [1.29, 1.82) is 0 Å². The highest BCUT2D eigenvalue weighted by atomic mass is 28.4. The second-order valence-electron chi connectivity index (χ2n) is 5.74. The lowest BCUT2D eigenvalue weighted by Crippen LogP contribution is -2.44. The Balaban J connectivity index is 2.37. The lowest BCUT2D eigenvalue weighted by atomic mass is 9.98. The fraction of sp³-hybridized carbons (Fsp3) is 1.00. The van der Waals surface area contributed by atoms with Crippen LogP contribution in [-0.2, 0) is 4.43 Å². The summed E-state index contributed by atoms with van der Waals surface area (Å²) in [6, 6.07) is 1.97. The van der Waals surface area contributed by atoms with Crippen LogP contribution in [0.25, 0.3) is 0 Å². The van der Waals surface area contributed by atoms with E-state index >= 15 is 0 Å². The highest BCUT2D eigenvalue weighted by Crippen LogP contribution is 2.22. The van der Waals surface area contributed by atoms with Crippen LogP contribution in [0.15, 0.2) is 0 Å². The Labute approximate surface area is 96.1 Å². The molecule has 0 N–H and O–H groups in total. The van der Waals surface area contributed by atoms with E-state index in [0.717, 1.165) is 5.92 Å². The maximum Gasteiger partial charge on any atom is 0.187 e. The molecule has 90 valence electrons. The van der Waals surface area contributed by atoms with Gasteiger partial charge in [-0.2, -0.15) is 0 Å². The van der Waals surface area contributed by atoms with Crippen LogP contribution < -0.4 is 0 Å². The van der Waals surface area contributed by atoms with E-state index in [2.05, 4.69) is 31.8 Å². The Morgan fingerprint density at radius 2 is 1.87 bits per heavy atom. The first-order chi connectivity index (χ1) is 6.94. The zero-order chi connectivity index (χ0) is 11.5. The fourth-order valence-corrected chi connectivity index (χ4v) is 4.24. The maximum absolute atomic E-state index is 5.63. The molecular weight excluding hydrogens is 202 g/mol. The number of piperidine rings is 1. The molecule has 0 aromatic heterocycles. The highest BCUT2D eigenvalue weighted by Gasteiger charge is 2.28. The van der Waals surface area contributed by atoms with Crippen LogP contribution in [0.1, 0.15) is 26.7 Å². The summed E-state index contributed by atoms with van der Waals surface area (Å²) in [4.78, 5) is 2.65. The summed E-state index contributed by atoms with van der Waals surface area (Å²) >= 11 is 0. The summed E-state index contributed by atoms with van der Waals surface area (Å²) in [5.41, 5.74) is 0. The molecule has 1 atom stereocenters. The van der Waals surface area contributed by atoms with Gasteiger partial charge >= 0.3 is 0 Å². The van der Waals surface area contributed by atoms with Crippen molar-refractivity contribution in [3.05, 3.63) is 0 Å². The third-order valence-electron chi connectivity index (χ3n) is 3.78. The van der Waals surface area contributed by atoms with Crippen LogP contribution >= 0.6 is 0 Å². The molecule has 1 fully saturated rings. The van der Waals surface area contributed by atoms with Crippen molar-refractivity contribution in [3.8, 4) is 0 Å². The Hall–Kier alpha value is 0.137. The number of rotatable bonds is 4. The van der Waals surface area contributed by atoms with Gasteiger partial charge in [0.05, 0.1) is 0 Å². The summed E-state index contributed by atoms with van der Waals surface area (Å²) in [6.07, 6.45) is 2.75. The molecule has 1 rings (SSSR count). The predicted molar refractivity (Wildman–Crippen MR) is 68.7 cm³/mol. The smallest absolute Gasteiger partial charge is 0.187 e. The molecule has 15 heavy (non-hydrogen) atoms. The topological polar surface area (TPSA) is 12.5 Å². The van der Waals surface area contributed by atoms with Crippen LogP contribution in [0.2, 0.25) is 19.1 Å².